The molecule has 98 valence electrons. The molecule has 19 heavy (non-hydrogen) atoms. The summed E-state index contributed by atoms with van der Waals surface area (Å²) in [6, 6.07) is 9.75. The fourth-order valence-electron chi connectivity index (χ4n) is 1.74. The standard InChI is InChI=1S/C14H12ClFN2S/c1-8-6-9(15)2-4-12(8)18-13-5-3-10(16)7-11(13)14(17)19/h2-7,18H,1H3,(H2,17,19). The van der Waals surface area contributed by atoms with Gasteiger partial charge in [0, 0.05) is 22.0 Å². The molecule has 5 heteroatoms. The van der Waals surface area contributed by atoms with Crippen molar-refractivity contribution in [2.45, 2.75) is 6.92 Å². The fourth-order valence-corrected chi connectivity index (χ4v) is 2.14. The van der Waals surface area contributed by atoms with E-state index < -0.39 is 0 Å². The van der Waals surface area contributed by atoms with Crippen LogP contribution in [0.25, 0.3) is 0 Å². The van der Waals surface area contributed by atoms with E-state index in [1.54, 1.807) is 12.1 Å². The van der Waals surface area contributed by atoms with Crippen LogP contribution in [0.2, 0.25) is 5.02 Å². The molecule has 0 saturated heterocycles. The Morgan fingerprint density at radius 2 is 1.89 bits per heavy atom. The molecule has 3 N–H and O–H groups in total. The maximum atomic E-state index is 13.2. The quantitative estimate of drug-likeness (QED) is 0.835. The number of rotatable bonds is 3. The monoisotopic (exact) mass is 294 g/mol. The summed E-state index contributed by atoms with van der Waals surface area (Å²) in [5.41, 5.74) is 8.59. The van der Waals surface area contributed by atoms with Crippen molar-refractivity contribution in [1.82, 2.24) is 0 Å². The number of halogens is 2. The summed E-state index contributed by atoms with van der Waals surface area (Å²) in [4.78, 5) is 0.147. The van der Waals surface area contributed by atoms with Crippen molar-refractivity contribution >= 4 is 40.2 Å². The summed E-state index contributed by atoms with van der Waals surface area (Å²) in [7, 11) is 0. The minimum atomic E-state index is -0.374. The van der Waals surface area contributed by atoms with Crippen LogP contribution in [0.5, 0.6) is 0 Å². The van der Waals surface area contributed by atoms with Crippen LogP contribution in [0.15, 0.2) is 36.4 Å². The summed E-state index contributed by atoms with van der Waals surface area (Å²) in [6.07, 6.45) is 0. The highest BCUT2D eigenvalue weighted by Crippen LogP contribution is 2.26. The van der Waals surface area contributed by atoms with Gasteiger partial charge in [0.2, 0.25) is 0 Å². The number of nitrogens with two attached hydrogens (primary N) is 1. The minimum absolute atomic E-state index is 0.147. The van der Waals surface area contributed by atoms with Crippen LogP contribution in [0, 0.1) is 12.7 Å². The molecule has 0 fully saturated rings. The highest BCUT2D eigenvalue weighted by Gasteiger charge is 2.08. The smallest absolute Gasteiger partial charge is 0.124 e. The Balaban J connectivity index is 2.40. The predicted octanol–water partition coefficient (Wildman–Crippen LogP) is 4.17. The highest BCUT2D eigenvalue weighted by atomic mass is 35.5. The van der Waals surface area contributed by atoms with E-state index in [0.717, 1.165) is 11.3 Å². The molecule has 0 atom stereocenters. The van der Waals surface area contributed by atoms with E-state index in [1.807, 2.05) is 19.1 Å². The Morgan fingerprint density at radius 3 is 2.53 bits per heavy atom. The largest absolute Gasteiger partial charge is 0.389 e. The van der Waals surface area contributed by atoms with Gasteiger partial charge in [-0.1, -0.05) is 23.8 Å². The molecule has 0 aliphatic carbocycles. The van der Waals surface area contributed by atoms with Gasteiger partial charge in [-0.2, -0.15) is 0 Å². The van der Waals surface area contributed by atoms with Gasteiger partial charge in [-0.05, 0) is 48.9 Å². The second kappa shape index (κ2) is 5.55. The number of nitrogens with one attached hydrogen (secondary N) is 1. The number of thiocarbonyl (C=S) groups is 1. The molecule has 0 unspecified atom stereocenters. The van der Waals surface area contributed by atoms with Crippen LogP contribution in [0.3, 0.4) is 0 Å². The Labute approximate surface area is 121 Å². The van der Waals surface area contributed by atoms with Gasteiger partial charge < -0.3 is 11.1 Å². The molecule has 2 rings (SSSR count). The molecular weight excluding hydrogens is 283 g/mol. The highest BCUT2D eigenvalue weighted by molar-refractivity contribution is 7.80. The Kier molecular flexibility index (Phi) is 4.02. The average Bonchev–Trinajstić information content (AvgIpc) is 2.34. The SMILES string of the molecule is Cc1cc(Cl)ccc1Nc1ccc(F)cc1C(N)=S. The zero-order valence-corrected chi connectivity index (χ0v) is 11.8. The first-order valence-corrected chi connectivity index (χ1v) is 6.38. The van der Waals surface area contributed by atoms with Gasteiger partial charge in [0.05, 0.1) is 0 Å². The van der Waals surface area contributed by atoms with Crippen LogP contribution in [0.1, 0.15) is 11.1 Å². The number of hydrogen-bond acceptors (Lipinski definition) is 2. The molecule has 0 aliphatic heterocycles. The third kappa shape index (κ3) is 3.22. The zero-order chi connectivity index (χ0) is 14.0. The molecule has 0 aromatic heterocycles. The van der Waals surface area contributed by atoms with Crippen molar-refractivity contribution in [3.8, 4) is 0 Å². The van der Waals surface area contributed by atoms with Crippen molar-refractivity contribution in [1.29, 1.82) is 0 Å². The molecule has 0 aliphatic rings. The summed E-state index contributed by atoms with van der Waals surface area (Å²) < 4.78 is 13.2. The van der Waals surface area contributed by atoms with Crippen molar-refractivity contribution in [2.75, 3.05) is 5.32 Å². The van der Waals surface area contributed by atoms with Crippen molar-refractivity contribution in [3.05, 3.63) is 58.4 Å². The molecule has 2 nitrogen and oxygen atoms in total. The summed E-state index contributed by atoms with van der Waals surface area (Å²) in [5, 5.41) is 3.85. The van der Waals surface area contributed by atoms with E-state index in [2.05, 4.69) is 5.32 Å². The number of anilines is 2. The lowest BCUT2D eigenvalue weighted by molar-refractivity contribution is 0.628. The summed E-state index contributed by atoms with van der Waals surface area (Å²) >= 11 is 10.8. The van der Waals surface area contributed by atoms with E-state index >= 15 is 0 Å². The Bertz CT molecular complexity index is 643. The summed E-state index contributed by atoms with van der Waals surface area (Å²) in [6.45, 7) is 1.93. The molecule has 0 spiro atoms. The predicted molar refractivity (Wildman–Crippen MR) is 81.8 cm³/mol. The van der Waals surface area contributed by atoms with Gasteiger partial charge in [0.1, 0.15) is 10.8 Å². The normalized spacial score (nSPS) is 10.3. The van der Waals surface area contributed by atoms with E-state index in [-0.39, 0.29) is 10.8 Å². The lowest BCUT2D eigenvalue weighted by atomic mass is 10.1. The van der Waals surface area contributed by atoms with E-state index in [9.17, 15) is 4.39 Å². The van der Waals surface area contributed by atoms with Gasteiger partial charge >= 0.3 is 0 Å². The van der Waals surface area contributed by atoms with E-state index in [4.69, 9.17) is 29.6 Å². The van der Waals surface area contributed by atoms with Gasteiger partial charge in [-0.25, -0.2) is 4.39 Å². The molecule has 0 heterocycles. The van der Waals surface area contributed by atoms with E-state index in [0.29, 0.717) is 16.3 Å². The van der Waals surface area contributed by atoms with Crippen molar-refractivity contribution in [3.63, 3.8) is 0 Å². The maximum Gasteiger partial charge on any atom is 0.124 e. The number of aryl methyl sites for hydroxylation is 1. The molecule has 2 aromatic carbocycles. The van der Waals surface area contributed by atoms with Gasteiger partial charge in [-0.3, -0.25) is 0 Å². The molecule has 0 bridgehead atoms. The number of hydrogen-bond donors (Lipinski definition) is 2. The van der Waals surface area contributed by atoms with Crippen LogP contribution in [0.4, 0.5) is 15.8 Å². The maximum absolute atomic E-state index is 13.2. The van der Waals surface area contributed by atoms with Gasteiger partial charge in [0.25, 0.3) is 0 Å². The van der Waals surface area contributed by atoms with Crippen LogP contribution < -0.4 is 11.1 Å². The summed E-state index contributed by atoms with van der Waals surface area (Å²) in [5.74, 6) is -0.374. The first-order valence-electron chi connectivity index (χ1n) is 5.60. The van der Waals surface area contributed by atoms with Crippen LogP contribution in [-0.2, 0) is 0 Å². The lowest BCUT2D eigenvalue weighted by Crippen LogP contribution is -2.12. The number of benzene rings is 2. The van der Waals surface area contributed by atoms with Crippen molar-refractivity contribution in [2.24, 2.45) is 5.73 Å². The second-order valence-electron chi connectivity index (χ2n) is 4.14. The third-order valence-electron chi connectivity index (χ3n) is 2.70. The molecule has 0 saturated carbocycles. The van der Waals surface area contributed by atoms with Gasteiger partial charge in [-0.15, -0.1) is 0 Å². The molecule has 2 aromatic rings. The zero-order valence-electron chi connectivity index (χ0n) is 10.2. The first kappa shape index (κ1) is 13.8. The van der Waals surface area contributed by atoms with E-state index in [1.165, 1.54) is 12.1 Å². The Hall–Kier alpha value is -1.65. The minimum Gasteiger partial charge on any atom is -0.389 e. The van der Waals surface area contributed by atoms with Crippen molar-refractivity contribution < 1.29 is 4.39 Å². The van der Waals surface area contributed by atoms with Crippen LogP contribution in [-0.4, -0.2) is 4.99 Å². The topological polar surface area (TPSA) is 38.0 Å². The average molecular weight is 295 g/mol. The first-order chi connectivity index (χ1) is 8.97. The molecule has 0 amide bonds. The van der Waals surface area contributed by atoms with Gasteiger partial charge in [0.15, 0.2) is 0 Å². The Morgan fingerprint density at radius 1 is 1.21 bits per heavy atom. The van der Waals surface area contributed by atoms with Crippen LogP contribution >= 0.6 is 23.8 Å². The second-order valence-corrected chi connectivity index (χ2v) is 5.01. The molecule has 0 radical (unpaired) electrons. The third-order valence-corrected chi connectivity index (χ3v) is 3.16. The molecular formula is C14H12ClFN2S. The lowest BCUT2D eigenvalue weighted by Gasteiger charge is -2.13. The fraction of sp³-hybridized carbons (Fsp3) is 0.0714.